The third-order valence-electron chi connectivity index (χ3n) is 2.43. The van der Waals surface area contributed by atoms with Gasteiger partial charge in [-0.2, -0.15) is 0 Å². The van der Waals surface area contributed by atoms with Crippen molar-refractivity contribution in [3.8, 4) is 0 Å². The van der Waals surface area contributed by atoms with Crippen LogP contribution >= 0.6 is 0 Å². The molecule has 5 heteroatoms. The number of carbonyl (C=O) groups is 1. The molecule has 0 bridgehead atoms. The minimum atomic E-state index is -0.989. The van der Waals surface area contributed by atoms with E-state index in [1.54, 1.807) is 0 Å². The zero-order valence-corrected chi connectivity index (χ0v) is 11.1. The normalized spacial score (nSPS) is 17.9. The van der Waals surface area contributed by atoms with E-state index < -0.39 is 5.97 Å². The number of carboxylic acid groups (broad SMARTS) is 1. The van der Waals surface area contributed by atoms with E-state index in [0.717, 1.165) is 32.5 Å². The van der Waals surface area contributed by atoms with Crippen LogP contribution in [0.25, 0.3) is 0 Å². The molecular formula is C9H17N2NaO2. The number of piperidine rings is 1. The van der Waals surface area contributed by atoms with E-state index in [4.69, 9.17) is 0 Å². The summed E-state index contributed by atoms with van der Waals surface area (Å²) in [6.45, 7) is 3.03. The molecule has 0 radical (unpaired) electrons. The Morgan fingerprint density at radius 2 is 2.07 bits per heavy atom. The number of carboxylic acids is 1. The van der Waals surface area contributed by atoms with Gasteiger partial charge < -0.3 is 20.1 Å². The Labute approximate surface area is 107 Å². The molecule has 0 unspecified atom stereocenters. The van der Waals surface area contributed by atoms with Crippen molar-refractivity contribution in [3.63, 3.8) is 0 Å². The summed E-state index contributed by atoms with van der Waals surface area (Å²) < 4.78 is 0. The van der Waals surface area contributed by atoms with Gasteiger partial charge in [-0.25, -0.2) is 0 Å². The molecule has 0 saturated carbocycles. The summed E-state index contributed by atoms with van der Waals surface area (Å²) in [7, 11) is 1.83. The van der Waals surface area contributed by atoms with Crippen molar-refractivity contribution in [2.45, 2.75) is 12.8 Å². The van der Waals surface area contributed by atoms with Gasteiger partial charge in [0.1, 0.15) is 0 Å². The fourth-order valence-corrected chi connectivity index (χ4v) is 1.79. The van der Waals surface area contributed by atoms with Crippen LogP contribution in [0.4, 0.5) is 0 Å². The summed E-state index contributed by atoms with van der Waals surface area (Å²) >= 11 is 0. The average molecular weight is 208 g/mol. The van der Waals surface area contributed by atoms with Gasteiger partial charge in [0.25, 0.3) is 0 Å². The molecule has 0 spiro atoms. The Bertz CT molecular complexity index is 172. The van der Waals surface area contributed by atoms with Gasteiger partial charge in [0.15, 0.2) is 0 Å². The first kappa shape index (κ1) is 14.4. The molecule has 0 aromatic rings. The monoisotopic (exact) mass is 208 g/mol. The van der Waals surface area contributed by atoms with E-state index in [1.807, 2.05) is 11.9 Å². The summed E-state index contributed by atoms with van der Waals surface area (Å²) in [6.07, 6.45) is 2.30. The molecular weight excluding hydrogens is 191 g/mol. The molecule has 1 saturated heterocycles. The first-order valence-electron chi connectivity index (χ1n) is 4.77. The second kappa shape index (κ2) is 7.65. The van der Waals surface area contributed by atoms with Gasteiger partial charge in [0, 0.05) is 13.1 Å². The maximum absolute atomic E-state index is 10.3. The average Bonchev–Trinajstić information content (AvgIpc) is 2.04. The molecule has 1 N–H and O–H groups in total. The first-order chi connectivity index (χ1) is 6.18. The largest absolute Gasteiger partial charge is 1.00 e. The number of nitrogens with one attached hydrogen (secondary N) is 1. The Hall–Kier alpha value is 0.390. The quantitative estimate of drug-likeness (QED) is 0.475. The van der Waals surface area contributed by atoms with Gasteiger partial charge in [-0.15, -0.1) is 0 Å². The molecule has 1 fully saturated rings. The fourth-order valence-electron chi connectivity index (χ4n) is 1.79. The number of hydrogen-bond donors (Lipinski definition) is 1. The molecule has 1 rings (SSSR count). The number of carbonyl (C=O) groups excluding carboxylic acids is 1. The van der Waals surface area contributed by atoms with Crippen molar-refractivity contribution in [2.24, 2.45) is 5.92 Å². The van der Waals surface area contributed by atoms with Gasteiger partial charge in [-0.3, -0.25) is 0 Å². The van der Waals surface area contributed by atoms with E-state index >= 15 is 0 Å². The Morgan fingerprint density at radius 3 is 2.57 bits per heavy atom. The maximum Gasteiger partial charge on any atom is 1.00 e. The van der Waals surface area contributed by atoms with Crippen molar-refractivity contribution >= 4 is 5.97 Å². The van der Waals surface area contributed by atoms with Crippen molar-refractivity contribution < 1.29 is 39.5 Å². The molecule has 0 aromatic carbocycles. The number of rotatable bonds is 4. The third kappa shape index (κ3) is 5.98. The predicted octanol–water partition coefficient (Wildman–Crippen LogP) is -4.33. The third-order valence-corrected chi connectivity index (χ3v) is 2.43. The van der Waals surface area contributed by atoms with Crippen LogP contribution < -0.4 is 40.0 Å². The SMILES string of the molecule is CN(CC(=O)[O-])CC1CCNCC1.[Na+]. The van der Waals surface area contributed by atoms with E-state index in [-0.39, 0.29) is 36.1 Å². The molecule has 1 aliphatic rings. The van der Waals surface area contributed by atoms with Crippen LogP contribution in [-0.2, 0) is 4.79 Å². The summed E-state index contributed by atoms with van der Waals surface area (Å²) in [5.41, 5.74) is 0. The van der Waals surface area contributed by atoms with E-state index in [9.17, 15) is 9.90 Å². The van der Waals surface area contributed by atoms with Crippen LogP contribution in [0.1, 0.15) is 12.8 Å². The number of aliphatic carboxylic acids is 1. The van der Waals surface area contributed by atoms with Crippen LogP contribution in [0, 0.1) is 5.92 Å². The molecule has 76 valence electrons. The number of hydrogen-bond acceptors (Lipinski definition) is 4. The van der Waals surface area contributed by atoms with Gasteiger partial charge in [0.05, 0.1) is 5.97 Å². The minimum absolute atomic E-state index is 0. The number of nitrogens with zero attached hydrogens (tertiary/aromatic N) is 1. The van der Waals surface area contributed by atoms with Gasteiger partial charge in [-0.1, -0.05) is 0 Å². The van der Waals surface area contributed by atoms with E-state index in [1.165, 1.54) is 0 Å². The summed E-state index contributed by atoms with van der Waals surface area (Å²) in [5.74, 6) is -0.345. The molecule has 1 aliphatic heterocycles. The van der Waals surface area contributed by atoms with E-state index in [2.05, 4.69) is 5.32 Å². The zero-order chi connectivity index (χ0) is 9.68. The van der Waals surface area contributed by atoms with Gasteiger partial charge in [-0.05, 0) is 38.9 Å². The van der Waals surface area contributed by atoms with Crippen LogP contribution in [0.15, 0.2) is 0 Å². The van der Waals surface area contributed by atoms with Gasteiger partial charge >= 0.3 is 29.6 Å². The van der Waals surface area contributed by atoms with E-state index in [0.29, 0.717) is 5.92 Å². The van der Waals surface area contributed by atoms with Gasteiger partial charge in [0.2, 0.25) is 0 Å². The second-order valence-electron chi connectivity index (χ2n) is 3.76. The molecule has 0 aromatic heterocycles. The molecule has 4 nitrogen and oxygen atoms in total. The first-order valence-corrected chi connectivity index (χ1v) is 4.77. The summed E-state index contributed by atoms with van der Waals surface area (Å²) in [4.78, 5) is 12.1. The second-order valence-corrected chi connectivity index (χ2v) is 3.76. The topological polar surface area (TPSA) is 55.4 Å². The van der Waals surface area contributed by atoms with Crippen molar-refractivity contribution in [1.82, 2.24) is 10.2 Å². The standard InChI is InChI=1S/C9H18N2O2.Na/c1-11(7-9(12)13)6-8-2-4-10-5-3-8;/h8,10H,2-7H2,1H3,(H,12,13);/q;+1/p-1. The van der Waals surface area contributed by atoms with Crippen LogP contribution in [0.2, 0.25) is 0 Å². The summed E-state index contributed by atoms with van der Waals surface area (Å²) in [6, 6.07) is 0. The Balaban J connectivity index is 0.00000169. The summed E-state index contributed by atoms with van der Waals surface area (Å²) in [5, 5.41) is 13.6. The van der Waals surface area contributed by atoms with Crippen LogP contribution in [0.3, 0.4) is 0 Å². The molecule has 0 atom stereocenters. The van der Waals surface area contributed by atoms with Crippen LogP contribution in [-0.4, -0.2) is 44.1 Å². The van der Waals surface area contributed by atoms with Crippen molar-refractivity contribution in [3.05, 3.63) is 0 Å². The zero-order valence-electron chi connectivity index (χ0n) is 9.08. The maximum atomic E-state index is 10.3. The Kier molecular flexibility index (Phi) is 7.86. The Morgan fingerprint density at radius 1 is 1.50 bits per heavy atom. The molecule has 14 heavy (non-hydrogen) atoms. The van der Waals surface area contributed by atoms with Crippen molar-refractivity contribution in [2.75, 3.05) is 33.2 Å². The number of likely N-dealkylation sites (N-methyl/N-ethyl adjacent to an activating group) is 1. The molecule has 0 aliphatic carbocycles. The van der Waals surface area contributed by atoms with Crippen molar-refractivity contribution in [1.29, 1.82) is 0 Å². The predicted molar refractivity (Wildman–Crippen MR) is 48.1 cm³/mol. The molecule has 1 heterocycles. The van der Waals surface area contributed by atoms with Crippen LogP contribution in [0.5, 0.6) is 0 Å². The fraction of sp³-hybridized carbons (Fsp3) is 0.889. The smallest absolute Gasteiger partial charge is 0.549 e. The molecule has 0 amide bonds. The minimum Gasteiger partial charge on any atom is -0.549 e.